The average molecular weight is 343 g/mol. The number of nitrogens with one attached hydrogen (secondary N) is 1. The summed E-state index contributed by atoms with van der Waals surface area (Å²) in [6.07, 6.45) is 7.53. The van der Waals surface area contributed by atoms with Gasteiger partial charge in [-0.2, -0.15) is 10.2 Å². The summed E-state index contributed by atoms with van der Waals surface area (Å²) in [5, 5.41) is 13.5. The average Bonchev–Trinajstić information content (AvgIpc) is 3.36. The van der Waals surface area contributed by atoms with Crippen molar-refractivity contribution in [2.24, 2.45) is 0 Å². The predicted octanol–water partition coefficient (Wildman–Crippen LogP) is 1.36. The van der Waals surface area contributed by atoms with Crippen molar-refractivity contribution in [3.63, 3.8) is 0 Å². The number of H-pyrrole nitrogens is 1. The molecule has 0 spiro atoms. The molecular weight excluding hydrogens is 326 g/mol. The van der Waals surface area contributed by atoms with E-state index in [0.29, 0.717) is 12.2 Å². The Kier molecular flexibility index (Phi) is 4.08. The Balaban J connectivity index is 1.42. The first-order valence-electron chi connectivity index (χ1n) is 7.86. The van der Waals surface area contributed by atoms with Crippen molar-refractivity contribution in [1.82, 2.24) is 34.8 Å². The van der Waals surface area contributed by atoms with Gasteiger partial charge >= 0.3 is 0 Å². The second-order valence-electron chi connectivity index (χ2n) is 5.77. The molecule has 24 heavy (non-hydrogen) atoms. The fourth-order valence-electron chi connectivity index (χ4n) is 3.04. The highest BCUT2D eigenvalue weighted by molar-refractivity contribution is 7.13. The molecule has 4 rings (SSSR count). The van der Waals surface area contributed by atoms with Gasteiger partial charge in [-0.15, -0.1) is 11.3 Å². The first-order chi connectivity index (χ1) is 11.8. The van der Waals surface area contributed by atoms with E-state index in [1.807, 2.05) is 27.2 Å². The van der Waals surface area contributed by atoms with Crippen LogP contribution in [0.3, 0.4) is 0 Å². The van der Waals surface area contributed by atoms with Crippen LogP contribution in [0, 0.1) is 0 Å². The monoisotopic (exact) mass is 343 g/mol. The second kappa shape index (κ2) is 6.52. The van der Waals surface area contributed by atoms with Crippen LogP contribution >= 0.6 is 11.3 Å². The van der Waals surface area contributed by atoms with Gasteiger partial charge in [0.2, 0.25) is 5.91 Å². The number of aromatic nitrogens is 6. The number of hydrogen-bond donors (Lipinski definition) is 1. The molecule has 3 aromatic rings. The van der Waals surface area contributed by atoms with Crippen LogP contribution in [0.1, 0.15) is 18.5 Å². The van der Waals surface area contributed by atoms with Crippen LogP contribution in [0.15, 0.2) is 30.2 Å². The van der Waals surface area contributed by atoms with E-state index in [4.69, 9.17) is 0 Å². The molecule has 1 N–H and O–H groups in total. The van der Waals surface area contributed by atoms with Crippen molar-refractivity contribution in [3.8, 4) is 10.8 Å². The molecule has 1 atom stereocenters. The Morgan fingerprint density at radius 2 is 2.42 bits per heavy atom. The maximum atomic E-state index is 12.7. The summed E-state index contributed by atoms with van der Waals surface area (Å²) in [6.45, 7) is 1.56. The van der Waals surface area contributed by atoms with E-state index in [0.717, 1.165) is 36.6 Å². The van der Waals surface area contributed by atoms with Gasteiger partial charge < -0.3 is 4.90 Å². The number of carbonyl (C=O) groups is 1. The molecule has 0 radical (unpaired) electrons. The number of amides is 1. The zero-order valence-electron chi connectivity index (χ0n) is 13.0. The van der Waals surface area contributed by atoms with Crippen molar-refractivity contribution in [3.05, 3.63) is 35.9 Å². The maximum absolute atomic E-state index is 12.7. The molecule has 1 saturated heterocycles. The van der Waals surface area contributed by atoms with Gasteiger partial charge in [-0.25, -0.2) is 9.97 Å². The Morgan fingerprint density at radius 1 is 1.46 bits per heavy atom. The minimum absolute atomic E-state index is 0.124. The van der Waals surface area contributed by atoms with Crippen LogP contribution in [0.25, 0.3) is 10.8 Å². The lowest BCUT2D eigenvalue weighted by Crippen LogP contribution is -2.39. The summed E-state index contributed by atoms with van der Waals surface area (Å²) in [7, 11) is 0. The first kappa shape index (κ1) is 15.0. The molecule has 0 unspecified atom stereocenters. The van der Waals surface area contributed by atoms with E-state index >= 15 is 0 Å². The van der Waals surface area contributed by atoms with Gasteiger partial charge in [0.15, 0.2) is 10.8 Å². The summed E-state index contributed by atoms with van der Waals surface area (Å²) < 4.78 is 1.89. The van der Waals surface area contributed by atoms with E-state index in [1.54, 1.807) is 6.20 Å². The zero-order valence-corrected chi connectivity index (χ0v) is 13.8. The van der Waals surface area contributed by atoms with E-state index in [9.17, 15) is 4.79 Å². The normalized spacial score (nSPS) is 17.5. The van der Waals surface area contributed by atoms with Gasteiger partial charge in [0.1, 0.15) is 6.33 Å². The van der Waals surface area contributed by atoms with Gasteiger partial charge in [0, 0.05) is 24.3 Å². The molecule has 1 aliphatic heterocycles. The van der Waals surface area contributed by atoms with E-state index in [2.05, 4.69) is 25.3 Å². The highest BCUT2D eigenvalue weighted by atomic mass is 32.1. The number of likely N-dealkylation sites (tertiary alicyclic amines) is 1. The van der Waals surface area contributed by atoms with Gasteiger partial charge in [-0.05, 0) is 18.9 Å². The van der Waals surface area contributed by atoms with Gasteiger partial charge in [-0.1, -0.05) is 0 Å². The molecular formula is C15H17N7OS. The molecule has 124 valence electrons. The number of thiazole rings is 1. The smallest absolute Gasteiger partial charge is 0.228 e. The lowest BCUT2D eigenvalue weighted by Gasteiger charge is -2.24. The quantitative estimate of drug-likeness (QED) is 0.755. The Labute approximate surface area is 142 Å². The molecule has 0 aromatic carbocycles. The van der Waals surface area contributed by atoms with Gasteiger partial charge in [0.05, 0.1) is 24.7 Å². The van der Waals surface area contributed by atoms with Crippen molar-refractivity contribution in [1.29, 1.82) is 0 Å². The molecule has 8 nitrogen and oxygen atoms in total. The first-order valence-corrected chi connectivity index (χ1v) is 8.74. The Morgan fingerprint density at radius 3 is 3.21 bits per heavy atom. The molecule has 1 fully saturated rings. The number of carbonyl (C=O) groups excluding carboxylic acids is 1. The summed E-state index contributed by atoms with van der Waals surface area (Å²) in [4.78, 5) is 23.2. The lowest BCUT2D eigenvalue weighted by molar-refractivity contribution is -0.131. The molecule has 0 bridgehead atoms. The SMILES string of the molecule is O=C(Cc1csc(-c2ncn[nH]2)n1)N1CCC[C@@H]1Cn1cccn1. The van der Waals surface area contributed by atoms with Crippen molar-refractivity contribution in [2.75, 3.05) is 6.54 Å². The third kappa shape index (κ3) is 3.07. The molecule has 9 heteroatoms. The Bertz CT molecular complexity index is 796. The van der Waals surface area contributed by atoms with Crippen LogP contribution in [0.4, 0.5) is 0 Å². The summed E-state index contributed by atoms with van der Waals surface area (Å²) >= 11 is 1.47. The topological polar surface area (TPSA) is 92.6 Å². The van der Waals surface area contributed by atoms with Crippen molar-refractivity contribution >= 4 is 17.2 Å². The third-order valence-corrected chi connectivity index (χ3v) is 5.05. The minimum atomic E-state index is 0.124. The third-order valence-electron chi connectivity index (χ3n) is 4.16. The van der Waals surface area contributed by atoms with Crippen LogP contribution < -0.4 is 0 Å². The lowest BCUT2D eigenvalue weighted by atomic mass is 10.2. The van der Waals surface area contributed by atoms with Crippen LogP contribution in [0.2, 0.25) is 0 Å². The largest absolute Gasteiger partial charge is 0.338 e. The summed E-state index contributed by atoms with van der Waals surface area (Å²) in [5.41, 5.74) is 0.779. The predicted molar refractivity (Wildman–Crippen MR) is 88.2 cm³/mol. The maximum Gasteiger partial charge on any atom is 0.228 e. The molecule has 4 heterocycles. The summed E-state index contributed by atoms with van der Waals surface area (Å²) in [5.74, 6) is 0.760. The number of hydrogen-bond acceptors (Lipinski definition) is 6. The summed E-state index contributed by atoms with van der Waals surface area (Å²) in [6, 6.07) is 2.12. The van der Waals surface area contributed by atoms with Crippen LogP contribution in [-0.4, -0.2) is 53.3 Å². The fraction of sp³-hybridized carbons (Fsp3) is 0.400. The van der Waals surface area contributed by atoms with E-state index in [1.165, 1.54) is 17.7 Å². The zero-order chi connectivity index (χ0) is 16.4. The molecule has 0 saturated carbocycles. The van der Waals surface area contributed by atoms with Gasteiger partial charge in [-0.3, -0.25) is 14.6 Å². The second-order valence-corrected chi connectivity index (χ2v) is 6.62. The minimum Gasteiger partial charge on any atom is -0.338 e. The fourth-order valence-corrected chi connectivity index (χ4v) is 3.80. The number of rotatable bonds is 5. The molecule has 0 aliphatic carbocycles. The molecule has 1 amide bonds. The number of nitrogens with zero attached hydrogens (tertiary/aromatic N) is 6. The highest BCUT2D eigenvalue weighted by Crippen LogP contribution is 2.23. The molecule has 1 aliphatic rings. The van der Waals surface area contributed by atoms with Crippen LogP contribution in [0.5, 0.6) is 0 Å². The number of aromatic amines is 1. The Hall–Kier alpha value is -2.55. The van der Waals surface area contributed by atoms with Crippen LogP contribution in [-0.2, 0) is 17.8 Å². The van der Waals surface area contributed by atoms with Crippen molar-refractivity contribution in [2.45, 2.75) is 31.8 Å². The van der Waals surface area contributed by atoms with E-state index in [-0.39, 0.29) is 11.9 Å². The standard InChI is InChI=1S/C15H17N7OS/c23-13(7-11-9-24-15(19-11)14-16-10-17-20-14)22-6-1-3-12(22)8-21-5-2-4-18-21/h2,4-5,9-10,12H,1,3,6-8H2,(H,16,17,20)/t12-/m1/s1. The van der Waals surface area contributed by atoms with Crippen molar-refractivity contribution < 1.29 is 4.79 Å². The van der Waals surface area contributed by atoms with E-state index < -0.39 is 0 Å². The van der Waals surface area contributed by atoms with Gasteiger partial charge in [0.25, 0.3) is 0 Å². The highest BCUT2D eigenvalue weighted by Gasteiger charge is 2.29. The molecule has 3 aromatic heterocycles.